The minimum Gasteiger partial charge on any atom is -0.571 e. The molecule has 0 fully saturated rings. The number of alkyl halides is 24. The van der Waals surface area contributed by atoms with Gasteiger partial charge in [-0.3, -0.25) is 9.97 Å². The summed E-state index contributed by atoms with van der Waals surface area (Å²) in [6, 6.07) is 11.6. The van der Waals surface area contributed by atoms with Crippen LogP contribution in [0.1, 0.15) is 45.6 Å². The average Bonchev–Trinajstić information content (AvgIpc) is 4.00. The molecule has 0 aliphatic heterocycles. The molecule has 6 heterocycles. The minimum absolute atomic E-state index is 0. The molecule has 0 saturated carbocycles. The van der Waals surface area contributed by atoms with E-state index in [0.717, 1.165) is 21.8 Å². The van der Waals surface area contributed by atoms with Crippen LogP contribution in [-0.2, 0) is 139 Å². The van der Waals surface area contributed by atoms with E-state index in [1.165, 1.54) is 0 Å². The van der Waals surface area contributed by atoms with Crippen molar-refractivity contribution in [1.29, 1.82) is 0 Å². The second-order valence-electron chi connectivity index (χ2n) is 11.7. The fourth-order valence-corrected chi connectivity index (χ4v) is 3.97. The van der Waals surface area contributed by atoms with E-state index >= 15 is 0 Å². The molecule has 70 heavy (non-hydrogen) atoms. The summed E-state index contributed by atoms with van der Waals surface area (Å²) in [7, 11) is 0. The Hall–Kier alpha value is -3.84. The van der Waals surface area contributed by atoms with Crippen LogP contribution in [0.5, 0.6) is 0 Å². The first-order valence-corrected chi connectivity index (χ1v) is 16.0. The predicted octanol–water partition coefficient (Wildman–Crippen LogP) is 11.1. The molecule has 0 spiro atoms. The molecular weight excluding hydrogens is 1410 g/mol. The van der Waals surface area contributed by atoms with Gasteiger partial charge in [-0.2, -0.15) is 105 Å². The van der Waals surface area contributed by atoms with Gasteiger partial charge in [0.1, 0.15) is 22.8 Å². The summed E-state index contributed by atoms with van der Waals surface area (Å²) in [5, 5.41) is 21.1. The molecule has 7 aromatic rings. The van der Waals surface area contributed by atoms with Crippen LogP contribution in [-0.4, -0.2) is 30.4 Å². The first-order chi connectivity index (χ1) is 29.8. The second-order valence-corrected chi connectivity index (χ2v) is 11.7. The van der Waals surface area contributed by atoms with Gasteiger partial charge in [-0.25, -0.2) is 0 Å². The summed E-state index contributed by atoms with van der Waals surface area (Å²) < 4.78 is 281. The van der Waals surface area contributed by atoms with Crippen LogP contribution >= 0.6 is 0 Å². The van der Waals surface area contributed by atoms with Gasteiger partial charge in [-0.15, -0.1) is 0 Å². The van der Waals surface area contributed by atoms with Crippen molar-refractivity contribution in [3.63, 3.8) is 0 Å². The molecule has 0 radical (unpaired) electrons. The van der Waals surface area contributed by atoms with Gasteiger partial charge in [0.25, 0.3) is 0 Å². The van der Waals surface area contributed by atoms with Crippen molar-refractivity contribution in [3.05, 3.63) is 119 Å². The Bertz CT molecular complexity index is 2220. The van der Waals surface area contributed by atoms with Gasteiger partial charge in [-0.05, 0) is 59.2 Å². The zero-order valence-corrected chi connectivity index (χ0v) is 37.6. The fraction of sp³-hybridized carbons (Fsp3) is 0.250. The van der Waals surface area contributed by atoms with Gasteiger partial charge in [0.2, 0.25) is 0 Å². The molecule has 0 atom stereocenters. The SMILES string of the molecule is FC(F)(F)c1cc(C(F)(F)F)[n-]n1.FC(F)(F)c1cc(C(F)(F)F)[n-]n1.FC(F)(F)c1cc(C(F)(F)F)[n-]n1.FC(F)(F)c1cc(C(F)(F)F)[n-]n1.[Ag+].[Ag+].[Ag+].[Ag+].c1cnc2c(c1)ccc1cccnc12. The molecule has 402 valence electrons. The molecule has 0 amide bonds. The molecule has 38 heteroatoms. The van der Waals surface area contributed by atoms with Crippen LogP contribution in [0.2, 0.25) is 0 Å². The molecule has 0 bridgehead atoms. The van der Waals surface area contributed by atoms with E-state index in [1.54, 1.807) is 12.4 Å². The van der Waals surface area contributed by atoms with Gasteiger partial charge < -0.3 is 40.8 Å². The smallest absolute Gasteiger partial charge is 0.571 e. The molecule has 0 unspecified atom stereocenters. The molecule has 6 aromatic heterocycles. The van der Waals surface area contributed by atoms with Crippen LogP contribution in [0, 0.1) is 0 Å². The van der Waals surface area contributed by atoms with Crippen LogP contribution in [0.15, 0.2) is 73.1 Å². The van der Waals surface area contributed by atoms with E-state index in [2.05, 4.69) is 75.0 Å². The number of halogens is 24. The van der Waals surface area contributed by atoms with Crippen molar-refractivity contribution >= 4 is 21.8 Å². The average molecular weight is 1420 g/mol. The van der Waals surface area contributed by atoms with Crippen molar-refractivity contribution in [2.45, 2.75) is 49.4 Å². The number of benzene rings is 1. The van der Waals surface area contributed by atoms with Gasteiger partial charge in [0.05, 0.1) is 11.0 Å². The zero-order chi connectivity index (χ0) is 50.5. The summed E-state index contributed by atoms with van der Waals surface area (Å²) in [6.45, 7) is 0. The fourth-order valence-electron chi connectivity index (χ4n) is 3.97. The molecule has 0 aliphatic rings. The van der Waals surface area contributed by atoms with Crippen molar-refractivity contribution in [2.75, 3.05) is 0 Å². The number of hydrogen-bond donors (Lipinski definition) is 0. The van der Waals surface area contributed by atoms with Gasteiger partial charge in [0, 0.05) is 23.2 Å². The zero-order valence-electron chi connectivity index (χ0n) is 31.7. The largest absolute Gasteiger partial charge is 1.00 e. The molecular formula is C32H12Ag4F24N10. The molecule has 10 nitrogen and oxygen atoms in total. The number of fused-ring (bicyclic) bond motifs is 3. The van der Waals surface area contributed by atoms with E-state index in [4.69, 9.17) is 0 Å². The maximum atomic E-state index is 11.7. The summed E-state index contributed by atoms with van der Waals surface area (Å²) in [6.07, 6.45) is -35.5. The van der Waals surface area contributed by atoms with E-state index in [1.807, 2.05) is 12.1 Å². The third-order valence-corrected chi connectivity index (χ3v) is 6.82. The van der Waals surface area contributed by atoms with Gasteiger partial charge >= 0.3 is 139 Å². The van der Waals surface area contributed by atoms with Gasteiger partial charge in [0.15, 0.2) is 0 Å². The summed E-state index contributed by atoms with van der Waals surface area (Å²) >= 11 is 0. The topological polar surface area (TPSA) is 134 Å². The van der Waals surface area contributed by atoms with Crippen LogP contribution in [0.4, 0.5) is 105 Å². The van der Waals surface area contributed by atoms with E-state index in [0.29, 0.717) is 0 Å². The maximum Gasteiger partial charge on any atom is 1.00 e. The Balaban J connectivity index is 0. The molecule has 1 aromatic carbocycles. The maximum absolute atomic E-state index is 11.7. The summed E-state index contributed by atoms with van der Waals surface area (Å²) in [5.74, 6) is 0. The van der Waals surface area contributed by atoms with E-state index in [9.17, 15) is 105 Å². The molecule has 0 N–H and O–H groups in total. The van der Waals surface area contributed by atoms with Gasteiger partial charge in [-0.1, -0.05) is 24.3 Å². The first-order valence-electron chi connectivity index (χ1n) is 16.0. The summed E-state index contributed by atoms with van der Waals surface area (Å²) in [4.78, 5) is 8.69. The van der Waals surface area contributed by atoms with Crippen LogP contribution in [0.25, 0.3) is 21.8 Å². The van der Waals surface area contributed by atoms with Crippen molar-refractivity contribution in [1.82, 2.24) is 50.8 Å². The van der Waals surface area contributed by atoms with E-state index < -0.39 is 95.0 Å². The monoisotopic (exact) mass is 1420 g/mol. The standard InChI is InChI=1S/C12H8N2.4C5HF6N2.4Ag/c1-3-9-5-6-10-4-2-8-14-12(10)11(9)13-7-1;4*6-4(7,8)2-1-3(13-12-2)5(9,10)11;;;;/h1-8H;4*1H;;;;/q;4*-1;4*+1. The Labute approximate surface area is 433 Å². The Kier molecular flexibility index (Phi) is 25.1. The minimum atomic E-state index is -4.89. The summed E-state index contributed by atoms with van der Waals surface area (Å²) in [5.41, 5.74) is -11.2. The number of hydrogen-bond acceptors (Lipinski definition) is 6. The van der Waals surface area contributed by atoms with Crippen molar-refractivity contribution in [3.8, 4) is 0 Å². The normalized spacial score (nSPS) is 12.1. The second kappa shape index (κ2) is 25.7. The van der Waals surface area contributed by atoms with Crippen molar-refractivity contribution in [2.24, 2.45) is 0 Å². The number of pyridine rings is 2. The first kappa shape index (κ1) is 68.2. The van der Waals surface area contributed by atoms with Crippen LogP contribution < -0.4 is 20.4 Å². The Morgan fingerprint density at radius 2 is 0.486 bits per heavy atom. The quantitative estimate of drug-likeness (QED) is 0.0821. The molecule has 0 saturated heterocycles. The Morgan fingerprint density at radius 3 is 0.629 bits per heavy atom. The van der Waals surface area contributed by atoms with Crippen LogP contribution in [0.3, 0.4) is 0 Å². The third kappa shape index (κ3) is 20.7. The number of rotatable bonds is 0. The molecule has 0 aliphatic carbocycles. The van der Waals surface area contributed by atoms with E-state index in [-0.39, 0.29) is 114 Å². The van der Waals surface area contributed by atoms with Crippen molar-refractivity contribution < 1.29 is 195 Å². The molecule has 7 rings (SSSR count). The number of nitrogens with zero attached hydrogens (tertiary/aromatic N) is 10. The third-order valence-electron chi connectivity index (χ3n) is 6.82. The number of aromatic nitrogens is 10. The predicted molar refractivity (Wildman–Crippen MR) is 167 cm³/mol. The Morgan fingerprint density at radius 1 is 0.286 bits per heavy atom.